The predicted molar refractivity (Wildman–Crippen MR) is 325 cm³/mol. The number of nitrogens with zero attached hydrogens (tertiary/aromatic N) is 3. The van der Waals surface area contributed by atoms with Gasteiger partial charge in [0.2, 0.25) is 0 Å². The highest BCUT2D eigenvalue weighted by molar-refractivity contribution is 8.13. The largest absolute Gasteiger partial charge is 0.466 e. The van der Waals surface area contributed by atoms with E-state index >= 15 is 0 Å². The molecule has 3 aliphatic heterocycles. The Balaban J connectivity index is -0.000000499. The summed E-state index contributed by atoms with van der Waals surface area (Å²) in [6, 6.07) is 0. The second-order valence-corrected chi connectivity index (χ2v) is 25.6. The number of hydrogen-bond acceptors (Lipinski definition) is 25. The van der Waals surface area contributed by atoms with Gasteiger partial charge < -0.3 is 38.8 Å². The van der Waals surface area contributed by atoms with Crippen molar-refractivity contribution in [3.05, 3.63) is 0 Å². The number of alkyl carbamates (subject to hydrolysis) is 1. The maximum Gasteiger partial charge on any atom is 0.407 e. The van der Waals surface area contributed by atoms with Crippen molar-refractivity contribution in [2.24, 2.45) is 29.6 Å². The number of thioether (sulfide) groups is 1. The maximum atomic E-state index is 11.5. The number of Topliss-reactive ketones (excluding diaryl/α,β-unsaturated/α-hetero) is 1. The number of imide groups is 3. The van der Waals surface area contributed by atoms with Gasteiger partial charge in [-0.25, -0.2) is 27.6 Å². The average Bonchev–Trinajstić information content (AvgIpc) is 4.02. The number of ketones is 1. The lowest BCUT2D eigenvalue weighted by Gasteiger charge is -2.13. The van der Waals surface area contributed by atoms with Gasteiger partial charge in [0.15, 0.2) is 15.0 Å². The fourth-order valence-electron chi connectivity index (χ4n) is 5.43. The molecule has 3 rings (SSSR count). The molecule has 0 aromatic heterocycles. The normalized spacial score (nSPS) is 13.4. The second kappa shape index (κ2) is 50.1. The molecule has 3 aliphatic rings. The van der Waals surface area contributed by atoms with Gasteiger partial charge in [-0.2, -0.15) is 0 Å². The molecule has 0 unspecified atom stereocenters. The van der Waals surface area contributed by atoms with Crippen LogP contribution in [0, 0.1) is 29.6 Å². The lowest BCUT2D eigenvalue weighted by Crippen LogP contribution is -2.33. The lowest BCUT2D eigenvalue weighted by atomic mass is 10.1. The van der Waals surface area contributed by atoms with Crippen LogP contribution in [-0.4, -0.2) is 161 Å². The topological polar surface area (TPSA) is 377 Å². The molecule has 512 valence electrons. The van der Waals surface area contributed by atoms with Crippen LogP contribution in [0.5, 0.6) is 0 Å². The van der Waals surface area contributed by atoms with Crippen molar-refractivity contribution >= 4 is 110 Å². The molecular formula is C59H100N4O24S2. The SMILES string of the molecule is CC(=O)C(C)C.CC(=O)OC(=O)C(C)C.CC(C)CCCC(=O)ON1C(=O)CCC1=O.CC(C)OCCCOC(=O)NCCCC(=O)ON1C(=O)CCC1=O.CC(C)S(=O)(=O)CCC(=O)ON1C(=O)CCC1=O.CCOC(=O)C(C)C.CCSC(=O)C(C)C. The number of nitrogens with one attached hydrogen (secondary N) is 1. The van der Waals surface area contributed by atoms with Gasteiger partial charge in [-0.05, 0) is 66.1 Å². The van der Waals surface area contributed by atoms with Crippen LogP contribution < -0.4 is 5.32 Å². The molecular weight excluding hydrogens is 1210 g/mol. The fourth-order valence-corrected chi connectivity index (χ4v) is 6.97. The summed E-state index contributed by atoms with van der Waals surface area (Å²) in [6.45, 7) is 33.7. The molecule has 28 nitrogen and oxygen atoms in total. The Kier molecular flexibility index (Phi) is 50.0. The van der Waals surface area contributed by atoms with Gasteiger partial charge >= 0.3 is 41.9 Å². The van der Waals surface area contributed by atoms with E-state index in [-0.39, 0.29) is 118 Å². The molecule has 0 atom stereocenters. The first-order chi connectivity index (χ1) is 41.2. The fraction of sp³-hybridized carbons (Fsp3) is 0.746. The molecule has 30 heteroatoms. The van der Waals surface area contributed by atoms with E-state index in [2.05, 4.69) is 33.5 Å². The number of carbonyl (C=O) groups is 15. The molecule has 1 N–H and O–H groups in total. The van der Waals surface area contributed by atoms with Crippen molar-refractivity contribution in [1.82, 2.24) is 20.5 Å². The number of sulfone groups is 1. The first kappa shape index (κ1) is 88.7. The number of hydroxylamine groups is 6. The molecule has 7 amide bonds. The van der Waals surface area contributed by atoms with E-state index in [9.17, 15) is 80.3 Å². The number of rotatable bonds is 26. The number of carbonyl (C=O) groups excluding carboxylic acids is 15. The van der Waals surface area contributed by atoms with Crippen LogP contribution in [0.25, 0.3) is 0 Å². The van der Waals surface area contributed by atoms with Crippen LogP contribution in [0.2, 0.25) is 0 Å². The number of esters is 3. The van der Waals surface area contributed by atoms with E-state index in [1.54, 1.807) is 27.7 Å². The van der Waals surface area contributed by atoms with E-state index in [4.69, 9.17) is 19.1 Å². The minimum atomic E-state index is -3.34. The van der Waals surface area contributed by atoms with Gasteiger partial charge in [-0.3, -0.25) is 52.7 Å². The van der Waals surface area contributed by atoms with Crippen molar-refractivity contribution in [2.75, 3.05) is 37.9 Å². The van der Waals surface area contributed by atoms with Crippen LogP contribution in [0.3, 0.4) is 0 Å². The molecule has 0 bridgehead atoms. The molecule has 0 aliphatic carbocycles. The van der Waals surface area contributed by atoms with Gasteiger partial charge in [0.25, 0.3) is 35.4 Å². The highest BCUT2D eigenvalue weighted by atomic mass is 32.2. The standard InChI is InChI=1S/C15H24N2O7.C11H17NO4.C10H15NO6S.C6H10O3.C6H12O2.C6H12OS.C5H10O/c1-11(2)22-9-4-10-23-15(21)16-8-3-5-14(20)24-17-12(18)6-7-13(17)19;1-8(2)4-3-5-11(15)16-12-9(13)6-7-10(12)14;1-7(2)18(15,16)6-5-10(14)17-11-8(12)3-4-9(11)13;1-4(2)6(8)9-5(3)7;2*1-4-8-6(7)5(2)3;1-4(2)5(3)6/h11H,3-10H2,1-2H3,(H,16,21);8H,3-7H2,1-2H3;7H,3-6H2,1-2H3;4H,1-3H3;2*5H,4H2,1-3H3;4H,1-3H3. The number of hydrogen-bond donors (Lipinski definition) is 1. The van der Waals surface area contributed by atoms with Crippen molar-refractivity contribution in [3.8, 4) is 0 Å². The zero-order valence-corrected chi connectivity index (χ0v) is 57.1. The Morgan fingerprint density at radius 2 is 0.910 bits per heavy atom. The third kappa shape index (κ3) is 47.9. The van der Waals surface area contributed by atoms with Gasteiger partial charge in [0, 0.05) is 83.1 Å². The zero-order valence-electron chi connectivity index (χ0n) is 55.4. The summed E-state index contributed by atoms with van der Waals surface area (Å²) in [6.07, 6.45) is 2.38. The van der Waals surface area contributed by atoms with Crippen LogP contribution in [0.1, 0.15) is 208 Å². The van der Waals surface area contributed by atoms with E-state index in [0.717, 1.165) is 12.2 Å². The van der Waals surface area contributed by atoms with Gasteiger partial charge in [-0.15, -0.1) is 15.2 Å². The summed E-state index contributed by atoms with van der Waals surface area (Å²) in [7, 11) is -3.34. The molecule has 0 spiro atoms. The Morgan fingerprint density at radius 1 is 0.517 bits per heavy atom. The molecule has 3 heterocycles. The Hall–Kier alpha value is -6.69. The summed E-state index contributed by atoms with van der Waals surface area (Å²) < 4.78 is 42.0. The minimum absolute atomic E-state index is 0.00921. The molecule has 0 aromatic carbocycles. The minimum Gasteiger partial charge on any atom is -0.466 e. The van der Waals surface area contributed by atoms with Crippen LogP contribution in [0.15, 0.2) is 0 Å². The van der Waals surface area contributed by atoms with Crippen molar-refractivity contribution in [3.63, 3.8) is 0 Å². The van der Waals surface area contributed by atoms with Gasteiger partial charge in [0.05, 0.1) is 55.2 Å². The van der Waals surface area contributed by atoms with E-state index < -0.39 is 86.5 Å². The van der Waals surface area contributed by atoms with Gasteiger partial charge in [0.1, 0.15) is 5.78 Å². The highest BCUT2D eigenvalue weighted by Gasteiger charge is 2.35. The van der Waals surface area contributed by atoms with Crippen LogP contribution in [-0.2, 0) is 110 Å². The molecule has 0 saturated carbocycles. The predicted octanol–water partition coefficient (Wildman–Crippen LogP) is 7.23. The van der Waals surface area contributed by atoms with Crippen LogP contribution in [0.4, 0.5) is 4.79 Å². The highest BCUT2D eigenvalue weighted by Crippen LogP contribution is 2.16. The molecule has 0 aromatic rings. The Labute approximate surface area is 529 Å². The monoisotopic (exact) mass is 1310 g/mol. The Bertz CT molecular complexity index is 2330. The van der Waals surface area contributed by atoms with Crippen molar-refractivity contribution in [1.29, 1.82) is 0 Å². The smallest absolute Gasteiger partial charge is 0.407 e. The second-order valence-electron chi connectivity index (χ2n) is 21.7. The summed E-state index contributed by atoms with van der Waals surface area (Å²) in [5.41, 5.74) is 0. The summed E-state index contributed by atoms with van der Waals surface area (Å²) in [5.74, 6) is -4.78. The summed E-state index contributed by atoms with van der Waals surface area (Å²) in [4.78, 5) is 179. The maximum absolute atomic E-state index is 11.5. The molecule has 3 saturated heterocycles. The lowest BCUT2D eigenvalue weighted by molar-refractivity contribution is -0.197. The van der Waals surface area contributed by atoms with Crippen molar-refractivity contribution < 1.29 is 114 Å². The first-order valence-corrected chi connectivity index (χ1v) is 32.4. The molecule has 89 heavy (non-hydrogen) atoms. The van der Waals surface area contributed by atoms with Gasteiger partial charge in [-0.1, -0.05) is 94.3 Å². The van der Waals surface area contributed by atoms with E-state index in [0.29, 0.717) is 58.7 Å². The number of amides is 7. The summed E-state index contributed by atoms with van der Waals surface area (Å²) in [5, 5.41) is 3.71. The Morgan fingerprint density at radius 3 is 1.19 bits per heavy atom. The third-order valence-corrected chi connectivity index (χ3v) is 14.2. The summed E-state index contributed by atoms with van der Waals surface area (Å²) >= 11 is 1.40. The molecule has 0 radical (unpaired) electrons. The zero-order chi connectivity index (χ0) is 69.7. The first-order valence-electron chi connectivity index (χ1n) is 29.7. The van der Waals surface area contributed by atoms with Crippen LogP contribution >= 0.6 is 11.8 Å². The third-order valence-electron chi connectivity index (χ3n) is 10.9. The van der Waals surface area contributed by atoms with E-state index in [1.165, 1.54) is 32.5 Å². The quantitative estimate of drug-likeness (QED) is 0.0293. The van der Waals surface area contributed by atoms with Crippen molar-refractivity contribution in [2.45, 2.75) is 219 Å². The number of ether oxygens (including phenoxy) is 4. The van der Waals surface area contributed by atoms with E-state index in [1.807, 2.05) is 62.3 Å². The average molecular weight is 1310 g/mol. The molecule has 3 fully saturated rings.